The van der Waals surface area contributed by atoms with Crippen LogP contribution in [0.15, 0.2) is 36.2 Å². The second kappa shape index (κ2) is 5.32. The summed E-state index contributed by atoms with van der Waals surface area (Å²) in [5.74, 6) is 0. The van der Waals surface area contributed by atoms with E-state index in [0.29, 0.717) is 0 Å². The van der Waals surface area contributed by atoms with E-state index in [0.717, 1.165) is 12.8 Å². The minimum atomic E-state index is 0.240. The van der Waals surface area contributed by atoms with Crippen molar-refractivity contribution in [2.45, 2.75) is 37.5 Å². The molecule has 1 aliphatic carbocycles. The van der Waals surface area contributed by atoms with Gasteiger partial charge in [-0.05, 0) is 43.4 Å². The molecule has 1 aromatic rings. The Morgan fingerprint density at radius 3 is 2.87 bits per heavy atom. The molecule has 2 heteroatoms. The summed E-state index contributed by atoms with van der Waals surface area (Å²) in [6.45, 7) is 0. The zero-order valence-electron chi connectivity index (χ0n) is 8.82. The molecule has 1 nitrogen and oxygen atoms in total. The molecule has 0 N–H and O–H groups in total. The molecule has 0 saturated heterocycles. The van der Waals surface area contributed by atoms with Crippen molar-refractivity contribution in [1.29, 1.82) is 0 Å². The highest BCUT2D eigenvalue weighted by Gasteiger charge is 2.09. The largest absolute Gasteiger partial charge is 0.265 e. The molecule has 1 heterocycles. The van der Waals surface area contributed by atoms with E-state index in [2.05, 4.69) is 23.2 Å². The van der Waals surface area contributed by atoms with Crippen molar-refractivity contribution in [1.82, 2.24) is 4.98 Å². The maximum Gasteiger partial charge on any atom is 0.0518 e. The summed E-state index contributed by atoms with van der Waals surface area (Å²) in [5.41, 5.74) is 2.82. The van der Waals surface area contributed by atoms with Crippen LogP contribution in [0.25, 0.3) is 0 Å². The molecule has 15 heavy (non-hydrogen) atoms. The molecule has 0 aliphatic heterocycles. The highest BCUT2D eigenvalue weighted by molar-refractivity contribution is 6.21. The molecule has 0 amide bonds. The fourth-order valence-electron chi connectivity index (χ4n) is 2.02. The van der Waals surface area contributed by atoms with Crippen LogP contribution >= 0.6 is 11.6 Å². The molecule has 1 aromatic heterocycles. The summed E-state index contributed by atoms with van der Waals surface area (Å²) in [4.78, 5) is 4.03. The van der Waals surface area contributed by atoms with Crippen LogP contribution in [-0.2, 0) is 6.42 Å². The lowest BCUT2D eigenvalue weighted by Crippen LogP contribution is -1.94. The van der Waals surface area contributed by atoms with Gasteiger partial charge in [-0.2, -0.15) is 0 Å². The number of nitrogens with zero attached hydrogens (tertiary/aromatic N) is 1. The Labute approximate surface area is 96.2 Å². The summed E-state index contributed by atoms with van der Waals surface area (Å²) >= 11 is 6.19. The molecule has 1 atom stereocenters. The van der Waals surface area contributed by atoms with E-state index in [1.165, 1.54) is 30.4 Å². The Morgan fingerprint density at radius 1 is 1.27 bits per heavy atom. The second-order valence-electron chi connectivity index (χ2n) is 4.12. The number of halogens is 1. The van der Waals surface area contributed by atoms with Gasteiger partial charge in [-0.3, -0.25) is 4.98 Å². The molecule has 80 valence electrons. The molecule has 0 saturated carbocycles. The molecule has 2 rings (SSSR count). The quantitative estimate of drug-likeness (QED) is 0.548. The van der Waals surface area contributed by atoms with E-state index in [1.54, 1.807) is 0 Å². The van der Waals surface area contributed by atoms with Crippen molar-refractivity contribution in [2.75, 3.05) is 0 Å². The molecule has 0 aromatic carbocycles. The van der Waals surface area contributed by atoms with Crippen LogP contribution in [0.2, 0.25) is 0 Å². The van der Waals surface area contributed by atoms with E-state index in [-0.39, 0.29) is 5.38 Å². The van der Waals surface area contributed by atoms with Gasteiger partial charge < -0.3 is 0 Å². The summed E-state index contributed by atoms with van der Waals surface area (Å²) in [7, 11) is 0. The minimum Gasteiger partial charge on any atom is -0.265 e. The number of allylic oxidation sites excluding steroid dienone is 2. The predicted octanol–water partition coefficient (Wildman–Crippen LogP) is 3.73. The molecule has 0 bridgehead atoms. The topological polar surface area (TPSA) is 12.9 Å². The highest BCUT2D eigenvalue weighted by atomic mass is 35.5. The zero-order chi connectivity index (χ0) is 10.5. The van der Waals surface area contributed by atoms with Crippen LogP contribution in [0.1, 0.15) is 31.2 Å². The molecule has 1 aliphatic rings. The van der Waals surface area contributed by atoms with Crippen LogP contribution in [0.3, 0.4) is 0 Å². The second-order valence-corrected chi connectivity index (χ2v) is 4.68. The van der Waals surface area contributed by atoms with Gasteiger partial charge in [-0.15, -0.1) is 11.6 Å². The third-order valence-electron chi connectivity index (χ3n) is 2.82. The lowest BCUT2D eigenvalue weighted by atomic mass is 10.0. The van der Waals surface area contributed by atoms with Gasteiger partial charge in [-0.1, -0.05) is 18.1 Å². The van der Waals surface area contributed by atoms with Crippen LogP contribution < -0.4 is 0 Å². The number of rotatable bonds is 2. The fourth-order valence-corrected chi connectivity index (χ4v) is 2.36. The Morgan fingerprint density at radius 2 is 2.07 bits per heavy atom. The van der Waals surface area contributed by atoms with Gasteiger partial charge in [-0.25, -0.2) is 0 Å². The molecule has 0 fully saturated rings. The lowest BCUT2D eigenvalue weighted by Gasteiger charge is -2.05. The number of alkyl halides is 1. The first kappa shape index (κ1) is 10.7. The Hall–Kier alpha value is -0.820. The SMILES string of the molecule is ClC1C=C(Cc2ccncc2)CCCC1. The van der Waals surface area contributed by atoms with Crippen molar-refractivity contribution in [3.8, 4) is 0 Å². The van der Waals surface area contributed by atoms with Gasteiger partial charge in [0.1, 0.15) is 0 Å². The summed E-state index contributed by atoms with van der Waals surface area (Å²) in [5, 5.41) is 0.240. The number of hydrogen-bond donors (Lipinski definition) is 0. The Kier molecular flexibility index (Phi) is 3.79. The maximum absolute atomic E-state index is 6.19. The summed E-state index contributed by atoms with van der Waals surface area (Å²) in [6.07, 6.45) is 11.8. The summed E-state index contributed by atoms with van der Waals surface area (Å²) < 4.78 is 0. The normalized spacial score (nSPS) is 21.9. The third kappa shape index (κ3) is 3.35. The van der Waals surface area contributed by atoms with Gasteiger partial charge in [0.25, 0.3) is 0 Å². The van der Waals surface area contributed by atoms with Gasteiger partial charge in [0.05, 0.1) is 5.38 Å². The summed E-state index contributed by atoms with van der Waals surface area (Å²) in [6, 6.07) is 4.16. The zero-order valence-corrected chi connectivity index (χ0v) is 9.58. The van der Waals surface area contributed by atoms with Crippen LogP contribution in [0.4, 0.5) is 0 Å². The van der Waals surface area contributed by atoms with Crippen LogP contribution in [0.5, 0.6) is 0 Å². The average molecular weight is 222 g/mol. The monoisotopic (exact) mass is 221 g/mol. The van der Waals surface area contributed by atoms with Gasteiger partial charge >= 0.3 is 0 Å². The number of aromatic nitrogens is 1. The van der Waals surface area contributed by atoms with Crippen molar-refractivity contribution in [3.63, 3.8) is 0 Å². The van der Waals surface area contributed by atoms with Crippen molar-refractivity contribution in [2.24, 2.45) is 0 Å². The smallest absolute Gasteiger partial charge is 0.0518 e. The van der Waals surface area contributed by atoms with E-state index in [9.17, 15) is 0 Å². The van der Waals surface area contributed by atoms with Crippen LogP contribution in [0, 0.1) is 0 Å². The van der Waals surface area contributed by atoms with Gasteiger partial charge in [0.15, 0.2) is 0 Å². The Balaban J connectivity index is 2.04. The van der Waals surface area contributed by atoms with Crippen molar-refractivity contribution < 1.29 is 0 Å². The third-order valence-corrected chi connectivity index (χ3v) is 3.17. The molecule has 1 unspecified atom stereocenters. The minimum absolute atomic E-state index is 0.240. The van der Waals surface area contributed by atoms with E-state index in [4.69, 9.17) is 11.6 Å². The first-order valence-corrected chi connectivity index (χ1v) is 6.01. The standard InChI is InChI=1S/C13H16ClN/c14-13-4-2-1-3-12(10-13)9-11-5-7-15-8-6-11/h5-8,10,13H,1-4,9H2. The first-order valence-electron chi connectivity index (χ1n) is 5.57. The van der Waals surface area contributed by atoms with Crippen molar-refractivity contribution in [3.05, 3.63) is 41.7 Å². The molecule has 0 spiro atoms. The Bertz CT molecular complexity index is 332. The highest BCUT2D eigenvalue weighted by Crippen LogP contribution is 2.23. The maximum atomic E-state index is 6.19. The van der Waals surface area contributed by atoms with Gasteiger partial charge in [0, 0.05) is 12.4 Å². The van der Waals surface area contributed by atoms with E-state index >= 15 is 0 Å². The number of pyridine rings is 1. The number of hydrogen-bond acceptors (Lipinski definition) is 1. The molecular weight excluding hydrogens is 206 g/mol. The fraction of sp³-hybridized carbons (Fsp3) is 0.462. The van der Waals surface area contributed by atoms with Crippen LogP contribution in [-0.4, -0.2) is 10.4 Å². The van der Waals surface area contributed by atoms with E-state index < -0.39 is 0 Å². The predicted molar refractivity (Wildman–Crippen MR) is 64.1 cm³/mol. The lowest BCUT2D eigenvalue weighted by molar-refractivity contribution is 0.710. The molecule has 0 radical (unpaired) electrons. The first-order chi connectivity index (χ1) is 7.34. The van der Waals surface area contributed by atoms with Gasteiger partial charge in [0.2, 0.25) is 0 Å². The van der Waals surface area contributed by atoms with Crippen molar-refractivity contribution >= 4 is 11.6 Å². The molecular formula is C13H16ClN. The van der Waals surface area contributed by atoms with E-state index in [1.807, 2.05) is 12.4 Å². The average Bonchev–Trinajstić information content (AvgIpc) is 2.44.